The molecule has 0 spiro atoms. The van der Waals surface area contributed by atoms with Crippen LogP contribution in [0.15, 0.2) is 29.8 Å². The maximum absolute atomic E-state index is 5.36. The summed E-state index contributed by atoms with van der Waals surface area (Å²) in [5.74, 6) is 0.677. The molecule has 2 aromatic heterocycles. The molecule has 2 heterocycles. The lowest BCUT2D eigenvalue weighted by molar-refractivity contribution is 0.301. The number of rotatable bonds is 3. The van der Waals surface area contributed by atoms with Gasteiger partial charge in [-0.2, -0.15) is 4.37 Å². The molecule has 1 radical (unpaired) electrons. The van der Waals surface area contributed by atoms with Crippen LogP contribution in [0.3, 0.4) is 0 Å². The van der Waals surface area contributed by atoms with Crippen molar-refractivity contribution in [2.75, 3.05) is 0 Å². The zero-order chi connectivity index (χ0) is 8.93. The maximum atomic E-state index is 5.36. The van der Waals surface area contributed by atoms with E-state index in [9.17, 15) is 0 Å². The molecule has 0 saturated heterocycles. The standard InChI is InChI=1S/C9H7N2OS/c1-2-4-10-8(3-1)6-12-9-5-11-13-7-9/h1-4,7H,6H2. The minimum absolute atomic E-state index is 0.468. The molecule has 2 aromatic rings. The van der Waals surface area contributed by atoms with Crippen molar-refractivity contribution in [2.45, 2.75) is 6.61 Å². The fraction of sp³-hybridized carbons (Fsp3) is 0.111. The van der Waals surface area contributed by atoms with E-state index in [1.807, 2.05) is 23.6 Å². The lowest BCUT2D eigenvalue weighted by atomic mass is 10.4. The molecule has 0 amide bonds. The Kier molecular flexibility index (Phi) is 2.52. The number of ether oxygens (including phenoxy) is 1. The molecule has 4 heteroatoms. The highest BCUT2D eigenvalue weighted by Gasteiger charge is 1.96. The van der Waals surface area contributed by atoms with Crippen LogP contribution in [0, 0.1) is 6.20 Å². The molecular formula is C9H7N2OS. The highest BCUT2D eigenvalue weighted by atomic mass is 32.1. The maximum Gasteiger partial charge on any atom is 0.160 e. The first-order chi connectivity index (χ1) is 6.45. The average Bonchev–Trinajstić information content (AvgIpc) is 2.69. The van der Waals surface area contributed by atoms with Crippen LogP contribution in [-0.4, -0.2) is 9.36 Å². The third-order valence-corrected chi connectivity index (χ3v) is 1.99. The highest BCUT2D eigenvalue weighted by Crippen LogP contribution is 2.11. The van der Waals surface area contributed by atoms with Crippen LogP contribution >= 0.6 is 11.5 Å². The van der Waals surface area contributed by atoms with Gasteiger partial charge in [-0.25, -0.2) is 0 Å². The second-order valence-corrected chi connectivity index (χ2v) is 3.03. The van der Waals surface area contributed by atoms with Crippen molar-refractivity contribution in [3.63, 3.8) is 0 Å². The van der Waals surface area contributed by atoms with E-state index in [-0.39, 0.29) is 0 Å². The SMILES string of the molecule is [c]1nscc1OCc1ccccn1. The molecule has 65 valence electrons. The number of hydrogen-bond acceptors (Lipinski definition) is 4. The van der Waals surface area contributed by atoms with Crippen LogP contribution in [0.4, 0.5) is 0 Å². The summed E-state index contributed by atoms with van der Waals surface area (Å²) in [6.45, 7) is 0.468. The van der Waals surface area contributed by atoms with Crippen molar-refractivity contribution in [3.05, 3.63) is 41.7 Å². The zero-order valence-corrected chi connectivity index (χ0v) is 7.62. The first kappa shape index (κ1) is 8.19. The minimum Gasteiger partial charge on any atom is -0.484 e. The molecular weight excluding hydrogens is 184 g/mol. The van der Waals surface area contributed by atoms with Crippen molar-refractivity contribution in [1.29, 1.82) is 0 Å². The highest BCUT2D eigenvalue weighted by molar-refractivity contribution is 7.03. The van der Waals surface area contributed by atoms with Crippen molar-refractivity contribution < 1.29 is 4.74 Å². The van der Waals surface area contributed by atoms with Crippen LogP contribution in [0.2, 0.25) is 0 Å². The van der Waals surface area contributed by atoms with Gasteiger partial charge in [0.05, 0.1) is 11.1 Å². The van der Waals surface area contributed by atoms with Crippen molar-refractivity contribution in [1.82, 2.24) is 9.36 Å². The van der Waals surface area contributed by atoms with E-state index >= 15 is 0 Å². The molecule has 0 unspecified atom stereocenters. The van der Waals surface area contributed by atoms with Gasteiger partial charge in [0.15, 0.2) is 5.75 Å². The lowest BCUT2D eigenvalue weighted by Crippen LogP contribution is -1.96. The minimum atomic E-state index is 0.468. The van der Waals surface area contributed by atoms with Crippen LogP contribution in [0.5, 0.6) is 5.75 Å². The van der Waals surface area contributed by atoms with Crippen LogP contribution in [-0.2, 0) is 6.61 Å². The van der Waals surface area contributed by atoms with E-state index in [2.05, 4.69) is 15.6 Å². The van der Waals surface area contributed by atoms with E-state index in [0.29, 0.717) is 12.4 Å². The zero-order valence-electron chi connectivity index (χ0n) is 6.80. The summed E-state index contributed by atoms with van der Waals surface area (Å²) in [7, 11) is 0. The van der Waals surface area contributed by atoms with Crippen LogP contribution in [0.1, 0.15) is 5.69 Å². The van der Waals surface area contributed by atoms with Gasteiger partial charge >= 0.3 is 0 Å². The molecule has 0 N–H and O–H groups in total. The van der Waals surface area contributed by atoms with E-state index in [1.165, 1.54) is 11.5 Å². The smallest absolute Gasteiger partial charge is 0.160 e. The molecule has 0 saturated carbocycles. The van der Waals surface area contributed by atoms with E-state index in [1.54, 1.807) is 6.20 Å². The summed E-state index contributed by atoms with van der Waals surface area (Å²) in [5.41, 5.74) is 0.905. The van der Waals surface area contributed by atoms with Gasteiger partial charge in [0.25, 0.3) is 0 Å². The van der Waals surface area contributed by atoms with E-state index in [4.69, 9.17) is 4.74 Å². The Hall–Kier alpha value is -1.42. The van der Waals surface area contributed by atoms with Gasteiger partial charge in [0.1, 0.15) is 12.8 Å². The number of aromatic nitrogens is 2. The van der Waals surface area contributed by atoms with Gasteiger partial charge in [-0.15, -0.1) is 0 Å². The first-order valence-electron chi connectivity index (χ1n) is 3.80. The Bertz CT molecular complexity index is 347. The molecule has 13 heavy (non-hydrogen) atoms. The van der Waals surface area contributed by atoms with E-state index < -0.39 is 0 Å². The number of hydrogen-bond donors (Lipinski definition) is 0. The lowest BCUT2D eigenvalue weighted by Gasteiger charge is -2.00. The third kappa shape index (κ3) is 2.26. The predicted molar refractivity (Wildman–Crippen MR) is 49.5 cm³/mol. The summed E-state index contributed by atoms with van der Waals surface area (Å²) >= 11 is 1.32. The van der Waals surface area contributed by atoms with Gasteiger partial charge in [-0.1, -0.05) is 6.07 Å². The molecule has 0 bridgehead atoms. The van der Waals surface area contributed by atoms with Crippen LogP contribution < -0.4 is 4.74 Å². The molecule has 0 aliphatic heterocycles. The van der Waals surface area contributed by atoms with Gasteiger partial charge in [0, 0.05) is 6.20 Å². The first-order valence-corrected chi connectivity index (χ1v) is 4.63. The molecule has 0 aliphatic carbocycles. The van der Waals surface area contributed by atoms with Crippen molar-refractivity contribution in [3.8, 4) is 5.75 Å². The summed E-state index contributed by atoms with van der Waals surface area (Å²) in [6.07, 6.45) is 4.47. The van der Waals surface area contributed by atoms with Gasteiger partial charge in [-0.3, -0.25) is 4.98 Å². The Morgan fingerprint density at radius 3 is 3.15 bits per heavy atom. The quantitative estimate of drug-likeness (QED) is 0.743. The number of nitrogens with zero attached hydrogens (tertiary/aromatic N) is 2. The second kappa shape index (κ2) is 4.00. The fourth-order valence-electron chi connectivity index (χ4n) is 0.873. The van der Waals surface area contributed by atoms with Gasteiger partial charge in [-0.05, 0) is 23.7 Å². The topological polar surface area (TPSA) is 35.0 Å². The monoisotopic (exact) mass is 191 g/mol. The summed E-state index contributed by atoms with van der Waals surface area (Å²) < 4.78 is 9.17. The Labute approximate surface area is 80.2 Å². The number of pyridine rings is 1. The molecule has 2 rings (SSSR count). The Balaban J connectivity index is 1.94. The normalized spacial score (nSPS) is 9.85. The Morgan fingerprint density at radius 1 is 1.46 bits per heavy atom. The van der Waals surface area contributed by atoms with E-state index in [0.717, 1.165) is 5.69 Å². The molecule has 0 fully saturated rings. The van der Waals surface area contributed by atoms with Crippen molar-refractivity contribution >= 4 is 11.5 Å². The fourth-order valence-corrected chi connectivity index (χ4v) is 1.29. The molecule has 0 atom stereocenters. The van der Waals surface area contributed by atoms with Gasteiger partial charge in [0.2, 0.25) is 0 Å². The Morgan fingerprint density at radius 2 is 2.46 bits per heavy atom. The molecule has 0 aliphatic rings. The van der Waals surface area contributed by atoms with Crippen LogP contribution in [0.25, 0.3) is 0 Å². The average molecular weight is 191 g/mol. The second-order valence-electron chi connectivity index (χ2n) is 2.40. The summed E-state index contributed by atoms with van der Waals surface area (Å²) in [5, 5.41) is 1.81. The predicted octanol–water partition coefficient (Wildman–Crippen LogP) is 1.92. The summed E-state index contributed by atoms with van der Waals surface area (Å²) in [4.78, 5) is 4.12. The molecule has 3 nitrogen and oxygen atoms in total. The largest absolute Gasteiger partial charge is 0.484 e. The van der Waals surface area contributed by atoms with Crippen molar-refractivity contribution in [2.24, 2.45) is 0 Å². The molecule has 0 aromatic carbocycles. The third-order valence-electron chi connectivity index (χ3n) is 1.47. The van der Waals surface area contributed by atoms with Gasteiger partial charge < -0.3 is 4.74 Å². The summed E-state index contributed by atoms with van der Waals surface area (Å²) in [6, 6.07) is 5.73.